The summed E-state index contributed by atoms with van der Waals surface area (Å²) in [6, 6.07) is 1.38. The van der Waals surface area contributed by atoms with Crippen molar-refractivity contribution in [3.05, 3.63) is 23.0 Å². The molecule has 82 valence electrons. The minimum Gasteiger partial charge on any atom is -0.381 e. The van der Waals surface area contributed by atoms with Gasteiger partial charge in [-0.3, -0.25) is 5.10 Å². The monoisotopic (exact) mass is 214 g/mol. The molecular formula is C10H12F2N2O. The summed E-state index contributed by atoms with van der Waals surface area (Å²) in [6.07, 6.45) is 1.08. The van der Waals surface area contributed by atoms with Gasteiger partial charge in [-0.1, -0.05) is 5.57 Å². The minimum absolute atomic E-state index is 0.131. The van der Waals surface area contributed by atoms with Gasteiger partial charge in [-0.25, -0.2) is 8.78 Å². The summed E-state index contributed by atoms with van der Waals surface area (Å²) >= 11 is 0. The topological polar surface area (TPSA) is 37.9 Å². The number of hydrogen-bond acceptors (Lipinski definition) is 2. The lowest BCUT2D eigenvalue weighted by Crippen LogP contribution is -2.06. The molecule has 15 heavy (non-hydrogen) atoms. The molecule has 1 aliphatic rings. The van der Waals surface area contributed by atoms with Gasteiger partial charge >= 0.3 is 0 Å². The maximum Gasteiger partial charge on any atom is 0.279 e. The molecule has 0 aromatic carbocycles. The second kappa shape index (κ2) is 4.53. The zero-order chi connectivity index (χ0) is 10.7. The summed E-state index contributed by atoms with van der Waals surface area (Å²) in [5, 5.41) is 6.13. The molecule has 1 aliphatic heterocycles. The van der Waals surface area contributed by atoms with Crippen LogP contribution in [0.15, 0.2) is 11.6 Å². The van der Waals surface area contributed by atoms with Crippen LogP contribution in [0.3, 0.4) is 0 Å². The van der Waals surface area contributed by atoms with Crippen molar-refractivity contribution in [2.75, 3.05) is 13.2 Å². The van der Waals surface area contributed by atoms with Crippen LogP contribution in [0.4, 0.5) is 8.78 Å². The van der Waals surface area contributed by atoms with Crippen molar-refractivity contribution in [1.82, 2.24) is 10.2 Å². The van der Waals surface area contributed by atoms with Gasteiger partial charge in [0.05, 0.1) is 18.9 Å². The van der Waals surface area contributed by atoms with Gasteiger partial charge in [0.25, 0.3) is 6.43 Å². The fraction of sp³-hybridized carbons (Fsp3) is 0.500. The van der Waals surface area contributed by atoms with Crippen molar-refractivity contribution >= 4 is 6.08 Å². The lowest BCUT2D eigenvalue weighted by atomic mass is 10.1. The third kappa shape index (κ3) is 2.62. The fourth-order valence-electron chi connectivity index (χ4n) is 1.53. The van der Waals surface area contributed by atoms with E-state index in [0.29, 0.717) is 18.9 Å². The molecule has 0 unspecified atom stereocenters. The molecule has 5 heteroatoms. The second-order valence-electron chi connectivity index (χ2n) is 3.46. The van der Waals surface area contributed by atoms with Crippen molar-refractivity contribution in [2.45, 2.75) is 19.3 Å². The van der Waals surface area contributed by atoms with E-state index in [2.05, 4.69) is 10.2 Å². The number of rotatable bonds is 2. The van der Waals surface area contributed by atoms with Crippen molar-refractivity contribution in [2.24, 2.45) is 0 Å². The SMILES string of the molecule is FC(F)c1cc(C=C2CCOCC2)n[nH]1. The number of nitrogens with zero attached hydrogens (tertiary/aromatic N) is 1. The average Bonchev–Trinajstić information content (AvgIpc) is 2.68. The number of H-pyrrole nitrogens is 1. The molecule has 0 amide bonds. The van der Waals surface area contributed by atoms with E-state index in [-0.39, 0.29) is 5.69 Å². The van der Waals surface area contributed by atoms with Gasteiger partial charge in [0, 0.05) is 0 Å². The van der Waals surface area contributed by atoms with Crippen LogP contribution in [-0.4, -0.2) is 23.4 Å². The summed E-state index contributed by atoms with van der Waals surface area (Å²) in [5.41, 5.74) is 1.64. The van der Waals surface area contributed by atoms with E-state index in [1.54, 1.807) is 0 Å². The minimum atomic E-state index is -2.49. The van der Waals surface area contributed by atoms with Crippen molar-refractivity contribution in [1.29, 1.82) is 0 Å². The number of alkyl halides is 2. The molecule has 0 saturated carbocycles. The third-order valence-corrected chi connectivity index (χ3v) is 2.34. The Kier molecular flexibility index (Phi) is 3.11. The highest BCUT2D eigenvalue weighted by atomic mass is 19.3. The predicted octanol–water partition coefficient (Wildman–Crippen LogP) is 2.54. The van der Waals surface area contributed by atoms with Gasteiger partial charge < -0.3 is 4.74 Å². The van der Waals surface area contributed by atoms with Crippen LogP contribution in [0.25, 0.3) is 6.08 Å². The highest BCUT2D eigenvalue weighted by molar-refractivity contribution is 5.49. The lowest BCUT2D eigenvalue weighted by Gasteiger charge is -2.13. The van der Waals surface area contributed by atoms with Gasteiger partial charge in [0.2, 0.25) is 0 Å². The molecule has 3 nitrogen and oxygen atoms in total. The molecule has 0 aliphatic carbocycles. The van der Waals surface area contributed by atoms with Crippen molar-refractivity contribution < 1.29 is 13.5 Å². The highest BCUT2D eigenvalue weighted by Crippen LogP contribution is 2.20. The number of aromatic amines is 1. The van der Waals surface area contributed by atoms with Gasteiger partial charge in [-0.05, 0) is 25.0 Å². The summed E-state index contributed by atoms with van der Waals surface area (Å²) in [5.74, 6) is 0. The number of halogens is 2. The first kappa shape index (κ1) is 10.3. The van der Waals surface area contributed by atoms with Crippen LogP contribution in [-0.2, 0) is 4.74 Å². The first-order chi connectivity index (χ1) is 7.25. The lowest BCUT2D eigenvalue weighted by molar-refractivity contribution is 0.119. The van der Waals surface area contributed by atoms with E-state index in [9.17, 15) is 8.78 Å². The molecule has 2 rings (SSSR count). The van der Waals surface area contributed by atoms with Crippen LogP contribution in [0.2, 0.25) is 0 Å². The second-order valence-corrected chi connectivity index (χ2v) is 3.46. The highest BCUT2D eigenvalue weighted by Gasteiger charge is 2.11. The quantitative estimate of drug-likeness (QED) is 0.821. The largest absolute Gasteiger partial charge is 0.381 e. The smallest absolute Gasteiger partial charge is 0.279 e. The van der Waals surface area contributed by atoms with E-state index in [4.69, 9.17) is 4.74 Å². The molecule has 1 N–H and O–H groups in total. The Balaban J connectivity index is 2.08. The van der Waals surface area contributed by atoms with Crippen LogP contribution in [0, 0.1) is 0 Å². The Hall–Kier alpha value is -1.23. The Morgan fingerprint density at radius 1 is 1.40 bits per heavy atom. The summed E-state index contributed by atoms with van der Waals surface area (Å²) in [4.78, 5) is 0. The van der Waals surface area contributed by atoms with Crippen molar-refractivity contribution in [3.8, 4) is 0 Å². The summed E-state index contributed by atoms with van der Waals surface area (Å²) in [6.45, 7) is 1.41. The Bertz CT molecular complexity index is 352. The summed E-state index contributed by atoms with van der Waals surface area (Å²) in [7, 11) is 0. The molecule has 0 radical (unpaired) electrons. The van der Waals surface area contributed by atoms with E-state index in [1.165, 1.54) is 11.6 Å². The Morgan fingerprint density at radius 3 is 2.73 bits per heavy atom. The van der Waals surface area contributed by atoms with Crippen LogP contribution in [0.1, 0.15) is 30.7 Å². The normalized spacial score (nSPS) is 17.1. The van der Waals surface area contributed by atoms with E-state index in [0.717, 1.165) is 12.8 Å². The van der Waals surface area contributed by atoms with Crippen LogP contribution in [0.5, 0.6) is 0 Å². The number of ether oxygens (including phenoxy) is 1. The van der Waals surface area contributed by atoms with Gasteiger partial charge in [0.15, 0.2) is 0 Å². The van der Waals surface area contributed by atoms with Gasteiger partial charge in [-0.15, -0.1) is 0 Å². The molecule has 1 saturated heterocycles. The van der Waals surface area contributed by atoms with Gasteiger partial charge in [-0.2, -0.15) is 5.10 Å². The van der Waals surface area contributed by atoms with Crippen molar-refractivity contribution in [3.63, 3.8) is 0 Å². The van der Waals surface area contributed by atoms with E-state index >= 15 is 0 Å². The Morgan fingerprint density at radius 2 is 2.13 bits per heavy atom. The number of aromatic nitrogens is 2. The first-order valence-electron chi connectivity index (χ1n) is 4.86. The molecule has 0 atom stereocenters. The molecule has 1 aromatic rings. The first-order valence-corrected chi connectivity index (χ1v) is 4.86. The predicted molar refractivity (Wildman–Crippen MR) is 51.6 cm³/mol. The fourth-order valence-corrected chi connectivity index (χ4v) is 1.53. The standard InChI is InChI=1S/C10H12F2N2O/c11-10(12)9-6-8(13-14-9)5-7-1-3-15-4-2-7/h5-6,10H,1-4H2,(H,13,14). The number of nitrogens with one attached hydrogen (secondary N) is 1. The van der Waals surface area contributed by atoms with Crippen LogP contribution >= 0.6 is 0 Å². The van der Waals surface area contributed by atoms with E-state index < -0.39 is 6.43 Å². The number of hydrogen-bond donors (Lipinski definition) is 1. The van der Waals surface area contributed by atoms with Gasteiger partial charge in [0.1, 0.15) is 5.69 Å². The molecule has 2 heterocycles. The maximum absolute atomic E-state index is 12.2. The zero-order valence-corrected chi connectivity index (χ0v) is 8.17. The molecule has 0 spiro atoms. The Labute approximate surface area is 86.1 Å². The van der Waals surface area contributed by atoms with E-state index in [1.807, 2.05) is 6.08 Å². The molecular weight excluding hydrogens is 202 g/mol. The molecule has 1 aromatic heterocycles. The maximum atomic E-state index is 12.2. The van der Waals surface area contributed by atoms with Crippen LogP contribution < -0.4 is 0 Å². The average molecular weight is 214 g/mol. The molecule has 1 fully saturated rings. The molecule has 0 bridgehead atoms. The third-order valence-electron chi connectivity index (χ3n) is 2.34. The summed E-state index contributed by atoms with van der Waals surface area (Å²) < 4.78 is 29.7. The zero-order valence-electron chi connectivity index (χ0n) is 8.17.